The third-order valence-corrected chi connectivity index (χ3v) is 10.7. The van der Waals surface area contributed by atoms with Gasteiger partial charge in [-0.1, -0.05) is 81.4 Å². The Hall–Kier alpha value is -2.21. The van der Waals surface area contributed by atoms with Crippen LogP contribution in [0.2, 0.25) is 5.04 Å². The van der Waals surface area contributed by atoms with Crippen molar-refractivity contribution in [2.75, 3.05) is 0 Å². The molecule has 3 nitrogen and oxygen atoms in total. The number of thiophene rings is 1. The van der Waals surface area contributed by atoms with Crippen LogP contribution in [-0.2, 0) is 11.0 Å². The normalized spacial score (nSPS) is 12.1. The molecule has 140 valence electrons. The fraction of sp³-hybridized carbons (Fsp3) is 0.227. The lowest BCUT2D eigenvalue weighted by atomic mass is 10.2. The number of benzene rings is 2. The summed E-state index contributed by atoms with van der Waals surface area (Å²) in [5.74, 6) is -0.892. The van der Waals surface area contributed by atoms with E-state index in [1.807, 2.05) is 17.5 Å². The van der Waals surface area contributed by atoms with Crippen molar-refractivity contribution in [3.63, 3.8) is 0 Å². The van der Waals surface area contributed by atoms with E-state index in [0.29, 0.717) is 11.5 Å². The minimum atomic E-state index is -2.59. The first-order chi connectivity index (χ1) is 12.8. The summed E-state index contributed by atoms with van der Waals surface area (Å²) in [5.41, 5.74) is 0.908. The van der Waals surface area contributed by atoms with E-state index in [-0.39, 0.29) is 5.04 Å². The van der Waals surface area contributed by atoms with Crippen LogP contribution >= 0.6 is 11.3 Å². The molecule has 0 amide bonds. The summed E-state index contributed by atoms with van der Waals surface area (Å²) in [4.78, 5) is 11.5. The third-order valence-electron chi connectivity index (χ3n) is 4.74. The number of carboxylic acids is 1. The lowest BCUT2D eigenvalue weighted by Crippen LogP contribution is -2.66. The molecule has 1 N–H and O–H groups in total. The van der Waals surface area contributed by atoms with Crippen LogP contribution in [0.4, 0.5) is 0 Å². The van der Waals surface area contributed by atoms with Crippen LogP contribution in [0, 0.1) is 0 Å². The first-order valence-corrected chi connectivity index (χ1v) is 11.7. The van der Waals surface area contributed by atoms with Gasteiger partial charge in [-0.3, -0.25) is 0 Å². The van der Waals surface area contributed by atoms with Crippen molar-refractivity contribution < 1.29 is 14.3 Å². The highest BCUT2D eigenvalue weighted by Crippen LogP contribution is 2.37. The number of carboxylic acid groups (broad SMARTS) is 1. The number of hydrogen-bond acceptors (Lipinski definition) is 3. The first kappa shape index (κ1) is 19.5. The number of carbonyl (C=O) groups is 1. The van der Waals surface area contributed by atoms with Gasteiger partial charge in [-0.05, 0) is 32.4 Å². The van der Waals surface area contributed by atoms with Crippen LogP contribution in [0.25, 0.3) is 0 Å². The Bertz CT molecular complexity index is 859. The average molecular weight is 397 g/mol. The summed E-state index contributed by atoms with van der Waals surface area (Å²) in [6.45, 7) is 7.09. The third kappa shape index (κ3) is 3.90. The van der Waals surface area contributed by atoms with E-state index in [1.54, 1.807) is 6.07 Å². The molecule has 3 rings (SSSR count). The fourth-order valence-electron chi connectivity index (χ4n) is 3.52. The van der Waals surface area contributed by atoms with Crippen LogP contribution in [-0.4, -0.2) is 19.4 Å². The lowest BCUT2D eigenvalue weighted by molar-refractivity contribution is 0.0702. The molecule has 0 unspecified atom stereocenters. The van der Waals surface area contributed by atoms with Crippen molar-refractivity contribution in [3.05, 3.63) is 82.6 Å². The Morgan fingerprint density at radius 3 is 1.93 bits per heavy atom. The van der Waals surface area contributed by atoms with E-state index in [2.05, 4.69) is 69.3 Å². The number of rotatable bonds is 6. The summed E-state index contributed by atoms with van der Waals surface area (Å²) in [7, 11) is -2.59. The predicted octanol–water partition coefficient (Wildman–Crippen LogP) is 4.52. The molecule has 0 fully saturated rings. The van der Waals surface area contributed by atoms with Gasteiger partial charge in [-0.15, -0.1) is 11.3 Å². The molecule has 1 heterocycles. The van der Waals surface area contributed by atoms with Gasteiger partial charge in [0.2, 0.25) is 0 Å². The molecule has 0 aliphatic rings. The molecule has 5 heteroatoms. The van der Waals surface area contributed by atoms with Gasteiger partial charge in [-0.2, -0.15) is 0 Å². The van der Waals surface area contributed by atoms with Crippen LogP contribution in [0.3, 0.4) is 0 Å². The van der Waals surface area contributed by atoms with Crippen molar-refractivity contribution in [1.29, 1.82) is 0 Å². The molecule has 2 aromatic carbocycles. The Labute approximate surface area is 165 Å². The first-order valence-electron chi connectivity index (χ1n) is 8.90. The van der Waals surface area contributed by atoms with Crippen LogP contribution in [0.15, 0.2) is 72.1 Å². The molecule has 0 radical (unpaired) electrons. The molecular formula is C22H24O3SSi. The van der Waals surface area contributed by atoms with E-state index in [1.165, 1.54) is 21.7 Å². The van der Waals surface area contributed by atoms with E-state index >= 15 is 0 Å². The zero-order valence-electron chi connectivity index (χ0n) is 15.8. The van der Waals surface area contributed by atoms with Crippen molar-refractivity contribution in [2.24, 2.45) is 0 Å². The molecule has 0 atom stereocenters. The van der Waals surface area contributed by atoms with E-state index < -0.39 is 14.3 Å². The second-order valence-electron chi connectivity index (χ2n) is 7.58. The lowest BCUT2D eigenvalue weighted by Gasteiger charge is -2.43. The van der Waals surface area contributed by atoms with Gasteiger partial charge in [0.25, 0.3) is 8.32 Å². The molecule has 0 aliphatic heterocycles. The maximum atomic E-state index is 11.2. The smallest absolute Gasteiger partial charge is 0.345 e. The summed E-state index contributed by atoms with van der Waals surface area (Å²) < 4.78 is 6.80. The number of hydrogen-bond donors (Lipinski definition) is 1. The SMILES string of the molecule is CC(C)(C)[Si](OCc1csc(C(=O)O)c1)(c1ccccc1)c1ccccc1. The van der Waals surface area contributed by atoms with Gasteiger partial charge in [0, 0.05) is 0 Å². The van der Waals surface area contributed by atoms with Crippen molar-refractivity contribution >= 4 is 36.0 Å². The van der Waals surface area contributed by atoms with Gasteiger partial charge < -0.3 is 9.53 Å². The molecule has 0 aliphatic carbocycles. The highest BCUT2D eigenvalue weighted by molar-refractivity contribution is 7.12. The van der Waals surface area contributed by atoms with Gasteiger partial charge in [-0.25, -0.2) is 4.79 Å². The van der Waals surface area contributed by atoms with Gasteiger partial charge in [0.1, 0.15) is 4.88 Å². The largest absolute Gasteiger partial charge is 0.477 e. The minimum Gasteiger partial charge on any atom is -0.477 e. The Morgan fingerprint density at radius 2 is 1.52 bits per heavy atom. The van der Waals surface area contributed by atoms with E-state index in [9.17, 15) is 9.90 Å². The summed E-state index contributed by atoms with van der Waals surface area (Å²) in [5, 5.41) is 13.4. The highest BCUT2D eigenvalue weighted by atomic mass is 32.1. The number of aromatic carboxylic acids is 1. The quantitative estimate of drug-likeness (QED) is 0.623. The van der Waals surface area contributed by atoms with Gasteiger partial charge in [0.15, 0.2) is 0 Å². The fourth-order valence-corrected chi connectivity index (χ4v) is 8.79. The van der Waals surface area contributed by atoms with Crippen molar-refractivity contribution in [2.45, 2.75) is 32.4 Å². The maximum absolute atomic E-state index is 11.2. The second-order valence-corrected chi connectivity index (χ2v) is 12.8. The Morgan fingerprint density at radius 1 is 1.00 bits per heavy atom. The monoisotopic (exact) mass is 396 g/mol. The van der Waals surface area contributed by atoms with Crippen molar-refractivity contribution in [3.8, 4) is 0 Å². The standard InChI is InChI=1S/C22H24O3SSi/c1-22(2,3)27(18-10-6-4-7-11-18,19-12-8-5-9-13-19)25-15-17-14-20(21(23)24)26-16-17/h4-14,16H,15H2,1-3H3,(H,23,24). The zero-order valence-corrected chi connectivity index (χ0v) is 17.6. The van der Waals surface area contributed by atoms with Crippen LogP contribution < -0.4 is 10.4 Å². The van der Waals surface area contributed by atoms with Gasteiger partial charge >= 0.3 is 5.97 Å². The van der Waals surface area contributed by atoms with Crippen molar-refractivity contribution in [1.82, 2.24) is 0 Å². The Kier molecular flexibility index (Phi) is 5.65. The molecule has 0 saturated heterocycles. The van der Waals surface area contributed by atoms with E-state index in [0.717, 1.165) is 5.56 Å². The Balaban J connectivity index is 2.07. The molecule has 27 heavy (non-hydrogen) atoms. The molecule has 1 aromatic heterocycles. The minimum absolute atomic E-state index is 0.0959. The van der Waals surface area contributed by atoms with Crippen LogP contribution in [0.1, 0.15) is 36.0 Å². The second kappa shape index (κ2) is 7.80. The summed E-state index contributed by atoms with van der Waals surface area (Å²) in [6.07, 6.45) is 0. The summed E-state index contributed by atoms with van der Waals surface area (Å²) >= 11 is 1.24. The molecule has 3 aromatic rings. The zero-order chi connectivity index (χ0) is 19.5. The maximum Gasteiger partial charge on any atom is 0.345 e. The van der Waals surface area contributed by atoms with E-state index in [4.69, 9.17) is 4.43 Å². The molecule has 0 bridgehead atoms. The summed E-state index contributed by atoms with van der Waals surface area (Å²) in [6, 6.07) is 22.6. The average Bonchev–Trinajstić information content (AvgIpc) is 3.12. The van der Waals surface area contributed by atoms with Gasteiger partial charge in [0.05, 0.1) is 6.61 Å². The van der Waals surface area contributed by atoms with Crippen LogP contribution in [0.5, 0.6) is 0 Å². The molecule has 0 spiro atoms. The topological polar surface area (TPSA) is 46.5 Å². The highest BCUT2D eigenvalue weighted by Gasteiger charge is 2.50. The molecule has 0 saturated carbocycles. The predicted molar refractivity (Wildman–Crippen MR) is 114 cm³/mol. The molecular weight excluding hydrogens is 372 g/mol.